The smallest absolute Gasteiger partial charge is 0.0368 e. The number of halogens is 1. The number of nitrogens with one attached hydrogen (secondary N) is 1. The first-order valence-electron chi connectivity index (χ1n) is 7.21. The molecule has 3 atom stereocenters. The molecule has 1 aromatic rings. The van der Waals surface area contributed by atoms with Crippen molar-refractivity contribution in [3.63, 3.8) is 0 Å². The van der Waals surface area contributed by atoms with Crippen molar-refractivity contribution in [2.75, 3.05) is 6.54 Å². The molecule has 1 heterocycles. The molecule has 3 unspecified atom stereocenters. The maximum atomic E-state index is 3.78. The molecule has 0 amide bonds. The van der Waals surface area contributed by atoms with E-state index in [1.165, 1.54) is 42.1 Å². The summed E-state index contributed by atoms with van der Waals surface area (Å²) in [4.78, 5) is 0. The van der Waals surface area contributed by atoms with E-state index in [-0.39, 0.29) is 0 Å². The van der Waals surface area contributed by atoms with Crippen LogP contribution in [0.5, 0.6) is 0 Å². The Hall–Kier alpha value is 0.140. The van der Waals surface area contributed by atoms with E-state index in [9.17, 15) is 0 Å². The molecule has 1 nitrogen and oxygen atoms in total. The molecule has 0 saturated heterocycles. The molecule has 1 aliphatic carbocycles. The first kappa shape index (κ1) is 14.5. The van der Waals surface area contributed by atoms with Gasteiger partial charge in [0.15, 0.2) is 0 Å². The summed E-state index contributed by atoms with van der Waals surface area (Å²) in [6.07, 6.45) is 6.78. The Morgan fingerprint density at radius 3 is 2.78 bits per heavy atom. The quantitative estimate of drug-likeness (QED) is 0.738. The zero-order chi connectivity index (χ0) is 13.0. The second-order valence-electron chi connectivity index (χ2n) is 5.45. The van der Waals surface area contributed by atoms with Gasteiger partial charge < -0.3 is 5.32 Å². The third-order valence-electron chi connectivity index (χ3n) is 4.22. The summed E-state index contributed by atoms with van der Waals surface area (Å²) >= 11 is 5.51. The Bertz CT molecular complexity index is 363. The highest BCUT2D eigenvalue weighted by Gasteiger charge is 2.31. The highest BCUT2D eigenvalue weighted by atomic mass is 79.9. The molecule has 0 bridgehead atoms. The normalized spacial score (nSPS) is 25.5. The van der Waals surface area contributed by atoms with Crippen LogP contribution >= 0.6 is 27.3 Å². The van der Waals surface area contributed by atoms with Gasteiger partial charge >= 0.3 is 0 Å². The summed E-state index contributed by atoms with van der Waals surface area (Å²) < 4.78 is 1.29. The lowest BCUT2D eigenvalue weighted by molar-refractivity contribution is 0.354. The van der Waals surface area contributed by atoms with Crippen molar-refractivity contribution in [1.82, 2.24) is 5.32 Å². The maximum Gasteiger partial charge on any atom is 0.0368 e. The molecule has 1 aliphatic rings. The minimum atomic E-state index is 0.558. The molecule has 1 N–H and O–H groups in total. The summed E-state index contributed by atoms with van der Waals surface area (Å²) in [6, 6.07) is 0.558. The van der Waals surface area contributed by atoms with Crippen LogP contribution in [0.4, 0.5) is 0 Å². The Morgan fingerprint density at radius 1 is 1.39 bits per heavy atom. The monoisotopic (exact) mass is 329 g/mol. The summed E-state index contributed by atoms with van der Waals surface area (Å²) in [7, 11) is 0. The van der Waals surface area contributed by atoms with Crippen LogP contribution in [0.25, 0.3) is 0 Å². The molecule has 1 aromatic heterocycles. The van der Waals surface area contributed by atoms with Crippen LogP contribution in [-0.2, 0) is 0 Å². The molecule has 0 spiro atoms. The van der Waals surface area contributed by atoms with Gasteiger partial charge in [0.25, 0.3) is 0 Å². The maximum absolute atomic E-state index is 3.78. The highest BCUT2D eigenvalue weighted by molar-refractivity contribution is 9.10. The molecular formula is C15H24BrNS. The lowest BCUT2D eigenvalue weighted by Gasteiger charge is -2.25. The second kappa shape index (κ2) is 7.06. The van der Waals surface area contributed by atoms with Gasteiger partial charge in [0.2, 0.25) is 0 Å². The fourth-order valence-corrected chi connectivity index (χ4v) is 4.71. The van der Waals surface area contributed by atoms with Gasteiger partial charge in [-0.3, -0.25) is 0 Å². The summed E-state index contributed by atoms with van der Waals surface area (Å²) in [5.74, 6) is 1.78. The minimum Gasteiger partial charge on any atom is -0.310 e. The van der Waals surface area contributed by atoms with Crippen LogP contribution in [0.2, 0.25) is 0 Å². The number of hydrogen-bond donors (Lipinski definition) is 1. The SMILES string of the molecule is CCCNC(c1cscc1Br)C1CCC(CC)C1. The number of hydrogen-bond acceptors (Lipinski definition) is 2. The van der Waals surface area contributed by atoms with Crippen LogP contribution in [0.3, 0.4) is 0 Å². The summed E-state index contributed by atoms with van der Waals surface area (Å²) in [5, 5.41) is 8.30. The van der Waals surface area contributed by atoms with Gasteiger partial charge in [0.1, 0.15) is 0 Å². The van der Waals surface area contributed by atoms with E-state index in [0.29, 0.717) is 6.04 Å². The van der Waals surface area contributed by atoms with Gasteiger partial charge in [-0.15, -0.1) is 0 Å². The average molecular weight is 330 g/mol. The van der Waals surface area contributed by atoms with Crippen LogP contribution in [0, 0.1) is 11.8 Å². The molecule has 2 rings (SSSR count). The van der Waals surface area contributed by atoms with E-state index in [0.717, 1.165) is 18.4 Å². The van der Waals surface area contributed by atoms with E-state index < -0.39 is 0 Å². The zero-order valence-electron chi connectivity index (χ0n) is 11.4. The lowest BCUT2D eigenvalue weighted by atomic mass is 9.91. The molecule has 0 radical (unpaired) electrons. The van der Waals surface area contributed by atoms with Crippen molar-refractivity contribution >= 4 is 27.3 Å². The van der Waals surface area contributed by atoms with Gasteiger partial charge in [-0.1, -0.05) is 26.7 Å². The number of thiophene rings is 1. The van der Waals surface area contributed by atoms with Crippen molar-refractivity contribution in [3.05, 3.63) is 20.8 Å². The minimum absolute atomic E-state index is 0.558. The van der Waals surface area contributed by atoms with E-state index in [2.05, 4.69) is 45.9 Å². The Kier molecular flexibility index (Phi) is 5.71. The fraction of sp³-hybridized carbons (Fsp3) is 0.733. The standard InChI is InChI=1S/C15H24BrNS/c1-3-7-17-15(13-9-18-10-14(13)16)12-6-5-11(4-2)8-12/h9-12,15,17H,3-8H2,1-2H3. The number of rotatable bonds is 6. The first-order valence-corrected chi connectivity index (χ1v) is 8.94. The topological polar surface area (TPSA) is 12.0 Å². The second-order valence-corrected chi connectivity index (χ2v) is 7.05. The van der Waals surface area contributed by atoms with Gasteiger partial charge in [-0.05, 0) is 64.5 Å². The van der Waals surface area contributed by atoms with Gasteiger partial charge in [0.05, 0.1) is 0 Å². The average Bonchev–Trinajstić information content (AvgIpc) is 3.00. The van der Waals surface area contributed by atoms with Gasteiger partial charge in [-0.2, -0.15) is 11.3 Å². The Morgan fingerprint density at radius 2 is 2.22 bits per heavy atom. The third-order valence-corrected chi connectivity index (χ3v) is 5.97. The van der Waals surface area contributed by atoms with Crippen LogP contribution in [0.1, 0.15) is 57.6 Å². The molecule has 1 saturated carbocycles. The van der Waals surface area contributed by atoms with Crippen molar-refractivity contribution in [1.29, 1.82) is 0 Å². The van der Waals surface area contributed by atoms with Crippen molar-refractivity contribution in [2.45, 2.75) is 52.0 Å². The van der Waals surface area contributed by atoms with Crippen LogP contribution < -0.4 is 5.32 Å². The summed E-state index contributed by atoms with van der Waals surface area (Å²) in [5.41, 5.74) is 1.48. The van der Waals surface area contributed by atoms with Crippen molar-refractivity contribution < 1.29 is 0 Å². The largest absolute Gasteiger partial charge is 0.310 e. The molecule has 3 heteroatoms. The van der Waals surface area contributed by atoms with Crippen LogP contribution in [-0.4, -0.2) is 6.54 Å². The molecule has 0 aliphatic heterocycles. The van der Waals surface area contributed by atoms with E-state index in [1.54, 1.807) is 11.3 Å². The predicted molar refractivity (Wildman–Crippen MR) is 84.2 cm³/mol. The predicted octanol–water partition coefficient (Wildman–Crippen LogP) is 5.38. The zero-order valence-corrected chi connectivity index (χ0v) is 13.8. The third kappa shape index (κ3) is 3.37. The van der Waals surface area contributed by atoms with E-state index in [1.807, 2.05) is 0 Å². The van der Waals surface area contributed by atoms with Gasteiger partial charge in [-0.25, -0.2) is 0 Å². The van der Waals surface area contributed by atoms with E-state index in [4.69, 9.17) is 0 Å². The Labute approximate surface area is 123 Å². The first-order chi connectivity index (χ1) is 8.76. The highest BCUT2D eigenvalue weighted by Crippen LogP contribution is 2.42. The van der Waals surface area contributed by atoms with Crippen LogP contribution in [0.15, 0.2) is 15.2 Å². The lowest BCUT2D eigenvalue weighted by Crippen LogP contribution is -2.28. The van der Waals surface area contributed by atoms with Gasteiger partial charge in [0, 0.05) is 15.9 Å². The molecule has 1 fully saturated rings. The molecule has 18 heavy (non-hydrogen) atoms. The summed E-state index contributed by atoms with van der Waals surface area (Å²) in [6.45, 7) is 5.71. The Balaban J connectivity index is 2.08. The molecule has 0 aromatic carbocycles. The fourth-order valence-electron chi connectivity index (χ4n) is 3.13. The van der Waals surface area contributed by atoms with Crippen molar-refractivity contribution in [2.24, 2.45) is 11.8 Å². The molecular weight excluding hydrogens is 306 g/mol. The molecule has 102 valence electrons. The van der Waals surface area contributed by atoms with E-state index >= 15 is 0 Å². The van der Waals surface area contributed by atoms with Crippen molar-refractivity contribution in [3.8, 4) is 0 Å².